The summed E-state index contributed by atoms with van der Waals surface area (Å²) in [6, 6.07) is 0. The number of imidazole rings is 1. The Morgan fingerprint density at radius 3 is 3.00 bits per heavy atom. The Hall–Kier alpha value is -1.36. The maximum Gasteiger partial charge on any atom is 0.225 e. The number of nitrogens with zero attached hydrogens (tertiary/aromatic N) is 2. The molecule has 21 heavy (non-hydrogen) atoms. The van der Waals surface area contributed by atoms with E-state index >= 15 is 0 Å². The average molecular weight is 292 g/mol. The quantitative estimate of drug-likeness (QED) is 0.874. The molecule has 1 aromatic heterocycles. The van der Waals surface area contributed by atoms with E-state index in [4.69, 9.17) is 0 Å². The highest BCUT2D eigenvalue weighted by Gasteiger charge is 2.23. The third-order valence-corrected chi connectivity index (χ3v) is 4.07. The van der Waals surface area contributed by atoms with Gasteiger partial charge in [-0.2, -0.15) is 0 Å². The van der Waals surface area contributed by atoms with Crippen LogP contribution in [0.25, 0.3) is 0 Å². The van der Waals surface area contributed by atoms with Gasteiger partial charge in [-0.3, -0.25) is 9.69 Å². The van der Waals surface area contributed by atoms with Crippen molar-refractivity contribution in [3.05, 3.63) is 18.2 Å². The van der Waals surface area contributed by atoms with Crippen LogP contribution in [-0.4, -0.2) is 40.4 Å². The van der Waals surface area contributed by atoms with Crippen molar-refractivity contribution in [1.82, 2.24) is 20.2 Å². The first-order valence-electron chi connectivity index (χ1n) is 7.93. The second kappa shape index (κ2) is 7.07. The van der Waals surface area contributed by atoms with Crippen molar-refractivity contribution in [1.29, 1.82) is 0 Å². The molecule has 1 atom stereocenters. The lowest BCUT2D eigenvalue weighted by Gasteiger charge is -2.32. The van der Waals surface area contributed by atoms with Crippen LogP contribution in [0.4, 0.5) is 0 Å². The van der Waals surface area contributed by atoms with E-state index in [1.54, 1.807) is 6.33 Å². The summed E-state index contributed by atoms with van der Waals surface area (Å²) < 4.78 is 0. The van der Waals surface area contributed by atoms with Crippen molar-refractivity contribution in [3.8, 4) is 0 Å². The van der Waals surface area contributed by atoms with Gasteiger partial charge in [0.1, 0.15) is 0 Å². The fourth-order valence-electron chi connectivity index (χ4n) is 2.80. The smallest absolute Gasteiger partial charge is 0.225 e. The Balaban J connectivity index is 1.70. The van der Waals surface area contributed by atoms with Gasteiger partial charge in [0.25, 0.3) is 0 Å². The summed E-state index contributed by atoms with van der Waals surface area (Å²) in [6.45, 7) is 9.87. The number of carbonyl (C=O) groups excluding carboxylic acids is 1. The number of aromatic amines is 1. The number of aromatic nitrogens is 2. The van der Waals surface area contributed by atoms with Crippen molar-refractivity contribution in [2.45, 2.75) is 46.6 Å². The van der Waals surface area contributed by atoms with Crippen LogP contribution in [0.2, 0.25) is 0 Å². The van der Waals surface area contributed by atoms with E-state index in [1.165, 1.54) is 18.5 Å². The van der Waals surface area contributed by atoms with Crippen LogP contribution in [0.1, 0.15) is 45.7 Å². The van der Waals surface area contributed by atoms with Crippen molar-refractivity contribution < 1.29 is 4.79 Å². The molecular weight excluding hydrogens is 264 g/mol. The molecule has 2 heterocycles. The highest BCUT2D eigenvalue weighted by atomic mass is 16.2. The molecule has 118 valence electrons. The van der Waals surface area contributed by atoms with Crippen LogP contribution in [0, 0.1) is 11.3 Å². The third-order valence-electron chi connectivity index (χ3n) is 4.07. The molecule has 1 saturated heterocycles. The summed E-state index contributed by atoms with van der Waals surface area (Å²) in [7, 11) is 0. The third kappa shape index (κ3) is 5.16. The second-order valence-corrected chi connectivity index (χ2v) is 7.11. The van der Waals surface area contributed by atoms with Gasteiger partial charge in [0.05, 0.1) is 6.33 Å². The predicted molar refractivity (Wildman–Crippen MR) is 83.7 cm³/mol. The number of amides is 1. The van der Waals surface area contributed by atoms with Gasteiger partial charge in [0.2, 0.25) is 5.91 Å². The van der Waals surface area contributed by atoms with Gasteiger partial charge in [0.15, 0.2) is 0 Å². The molecule has 1 aliphatic heterocycles. The average Bonchev–Trinajstić information content (AvgIpc) is 2.91. The van der Waals surface area contributed by atoms with E-state index in [-0.39, 0.29) is 11.3 Å². The topological polar surface area (TPSA) is 61.0 Å². The molecule has 0 saturated carbocycles. The number of likely N-dealkylation sites (tertiary alicyclic amines) is 1. The summed E-state index contributed by atoms with van der Waals surface area (Å²) in [5, 5.41) is 3.06. The van der Waals surface area contributed by atoms with Crippen molar-refractivity contribution in [3.63, 3.8) is 0 Å². The summed E-state index contributed by atoms with van der Waals surface area (Å²) in [5.41, 5.74) is 0.885. The fraction of sp³-hybridized carbons (Fsp3) is 0.750. The van der Waals surface area contributed by atoms with Crippen LogP contribution >= 0.6 is 0 Å². The molecule has 1 aromatic rings. The van der Waals surface area contributed by atoms with Crippen LogP contribution in [0.3, 0.4) is 0 Å². The van der Waals surface area contributed by atoms with Gasteiger partial charge < -0.3 is 10.3 Å². The van der Waals surface area contributed by atoms with Gasteiger partial charge in [-0.15, -0.1) is 0 Å². The molecular formula is C16H28N4O. The number of rotatable bonds is 5. The highest BCUT2D eigenvalue weighted by Crippen LogP contribution is 2.20. The van der Waals surface area contributed by atoms with Crippen LogP contribution in [-0.2, 0) is 11.3 Å². The summed E-state index contributed by atoms with van der Waals surface area (Å²) in [4.78, 5) is 21.6. The first-order chi connectivity index (χ1) is 9.95. The molecule has 5 heteroatoms. The monoisotopic (exact) mass is 292 g/mol. The number of piperidine rings is 1. The lowest BCUT2D eigenvalue weighted by Crippen LogP contribution is -2.39. The zero-order valence-corrected chi connectivity index (χ0v) is 13.5. The molecule has 0 aliphatic carbocycles. The van der Waals surface area contributed by atoms with E-state index < -0.39 is 0 Å². The van der Waals surface area contributed by atoms with E-state index in [0.717, 1.165) is 32.6 Å². The minimum absolute atomic E-state index is 0.146. The first-order valence-corrected chi connectivity index (χ1v) is 7.93. The number of H-pyrrole nitrogens is 1. The predicted octanol–water partition coefficient (Wildman–Crippen LogP) is 2.17. The van der Waals surface area contributed by atoms with Gasteiger partial charge in [-0.1, -0.05) is 20.8 Å². The minimum atomic E-state index is -0.292. The van der Waals surface area contributed by atoms with Crippen molar-refractivity contribution in [2.75, 3.05) is 19.6 Å². The first kappa shape index (κ1) is 16.0. The normalized spacial score (nSPS) is 20.4. The second-order valence-electron chi connectivity index (χ2n) is 7.11. The number of hydrogen-bond acceptors (Lipinski definition) is 3. The Bertz CT molecular complexity index is 436. The van der Waals surface area contributed by atoms with Gasteiger partial charge in [-0.05, 0) is 31.7 Å². The number of carbonyl (C=O) groups is 1. The number of nitrogens with one attached hydrogen (secondary N) is 2. The van der Waals surface area contributed by atoms with Crippen LogP contribution in [0.15, 0.2) is 12.5 Å². The maximum absolute atomic E-state index is 11.8. The van der Waals surface area contributed by atoms with Crippen LogP contribution < -0.4 is 5.32 Å². The molecule has 1 aliphatic rings. The maximum atomic E-state index is 11.8. The molecule has 2 N–H and O–H groups in total. The molecule has 0 bridgehead atoms. The SMILES string of the molecule is CC(C)(C)C(=O)NCC[C@@H]1CCCN(Cc2cnc[nH]2)C1. The molecule has 2 rings (SSSR count). The molecule has 5 nitrogen and oxygen atoms in total. The lowest BCUT2D eigenvalue weighted by atomic mass is 9.93. The Morgan fingerprint density at radius 2 is 2.33 bits per heavy atom. The zero-order valence-electron chi connectivity index (χ0n) is 13.5. The molecule has 0 unspecified atom stereocenters. The Morgan fingerprint density at radius 1 is 1.52 bits per heavy atom. The lowest BCUT2D eigenvalue weighted by molar-refractivity contribution is -0.128. The molecule has 1 fully saturated rings. The number of hydrogen-bond donors (Lipinski definition) is 2. The van der Waals surface area contributed by atoms with E-state index in [1.807, 2.05) is 27.0 Å². The van der Waals surface area contributed by atoms with Gasteiger partial charge in [0, 0.05) is 36.9 Å². The van der Waals surface area contributed by atoms with Gasteiger partial charge >= 0.3 is 0 Å². The highest BCUT2D eigenvalue weighted by molar-refractivity contribution is 5.81. The summed E-state index contributed by atoms with van der Waals surface area (Å²) >= 11 is 0. The molecule has 0 spiro atoms. The van der Waals surface area contributed by atoms with E-state index in [0.29, 0.717) is 5.92 Å². The van der Waals surface area contributed by atoms with Crippen molar-refractivity contribution >= 4 is 5.91 Å². The molecule has 0 radical (unpaired) electrons. The van der Waals surface area contributed by atoms with Crippen molar-refractivity contribution in [2.24, 2.45) is 11.3 Å². The molecule has 1 amide bonds. The van der Waals surface area contributed by atoms with E-state index in [2.05, 4.69) is 20.2 Å². The zero-order chi connectivity index (χ0) is 15.3. The Labute approximate surface area is 127 Å². The Kier molecular flexibility index (Phi) is 5.39. The largest absolute Gasteiger partial charge is 0.356 e. The fourth-order valence-corrected chi connectivity index (χ4v) is 2.80. The standard InChI is InChI=1S/C16H28N4O/c1-16(2,3)15(21)18-7-6-13-5-4-8-20(10-13)11-14-9-17-12-19-14/h9,12-13H,4-8,10-11H2,1-3H3,(H,17,19)(H,18,21)/t13-/m0/s1. The minimum Gasteiger partial charge on any atom is -0.356 e. The van der Waals surface area contributed by atoms with E-state index in [9.17, 15) is 4.79 Å². The summed E-state index contributed by atoms with van der Waals surface area (Å²) in [5.74, 6) is 0.828. The summed E-state index contributed by atoms with van der Waals surface area (Å²) in [6.07, 6.45) is 7.21. The van der Waals surface area contributed by atoms with Gasteiger partial charge in [-0.25, -0.2) is 4.98 Å². The van der Waals surface area contributed by atoms with Crippen LogP contribution in [0.5, 0.6) is 0 Å². The molecule has 0 aromatic carbocycles.